The van der Waals surface area contributed by atoms with E-state index in [2.05, 4.69) is 29.1 Å². The van der Waals surface area contributed by atoms with Crippen molar-refractivity contribution in [3.8, 4) is 0 Å². The summed E-state index contributed by atoms with van der Waals surface area (Å²) in [5.74, 6) is -0.419. The lowest BCUT2D eigenvalue weighted by atomic mass is 10.1. The fourth-order valence-electron chi connectivity index (χ4n) is 2.74. The summed E-state index contributed by atoms with van der Waals surface area (Å²) in [4.78, 5) is 23.2. The lowest BCUT2D eigenvalue weighted by molar-refractivity contribution is -0.145. The Morgan fingerprint density at radius 1 is 0.880 bits per heavy atom. The summed E-state index contributed by atoms with van der Waals surface area (Å²) in [5.41, 5.74) is 0. The summed E-state index contributed by atoms with van der Waals surface area (Å²) in [7, 11) is 1.35. The number of nitrogens with one attached hydrogen (secondary N) is 1. The molecule has 0 spiro atoms. The minimum absolute atomic E-state index is 0.0525. The lowest BCUT2D eigenvalue weighted by Gasteiger charge is -2.14. The monoisotopic (exact) mass is 353 g/mol. The van der Waals surface area contributed by atoms with Crippen LogP contribution in [-0.2, 0) is 14.3 Å². The van der Waals surface area contributed by atoms with E-state index in [0.717, 1.165) is 12.8 Å². The summed E-state index contributed by atoms with van der Waals surface area (Å²) in [6, 6.07) is -0.508. The molecular weight excluding hydrogens is 314 g/mol. The van der Waals surface area contributed by atoms with Crippen molar-refractivity contribution < 1.29 is 14.3 Å². The topological polar surface area (TPSA) is 55.4 Å². The summed E-state index contributed by atoms with van der Waals surface area (Å²) in [5, 5.41) is 2.74. The molecule has 0 aromatic rings. The van der Waals surface area contributed by atoms with Gasteiger partial charge in [0.1, 0.15) is 6.04 Å². The Kier molecular flexibility index (Phi) is 16.6. The fraction of sp³-hybridized carbons (Fsp3) is 0.810. The lowest BCUT2D eigenvalue weighted by Crippen LogP contribution is -2.40. The molecule has 25 heavy (non-hydrogen) atoms. The Hall–Kier alpha value is -1.32. The minimum atomic E-state index is -0.508. The van der Waals surface area contributed by atoms with Crippen LogP contribution in [0.4, 0.5) is 0 Å². The van der Waals surface area contributed by atoms with Crippen molar-refractivity contribution in [1.82, 2.24) is 5.32 Å². The normalized spacial score (nSPS) is 12.3. The molecule has 0 saturated heterocycles. The molecule has 146 valence electrons. The highest BCUT2D eigenvalue weighted by Crippen LogP contribution is 2.09. The van der Waals surface area contributed by atoms with E-state index in [-0.39, 0.29) is 11.9 Å². The molecule has 4 heteroatoms. The third-order valence-electron chi connectivity index (χ3n) is 4.39. The van der Waals surface area contributed by atoms with Gasteiger partial charge in [-0.25, -0.2) is 4.79 Å². The minimum Gasteiger partial charge on any atom is -0.467 e. The molecule has 0 saturated carbocycles. The standard InChI is InChI=1S/C21H39NO3/c1-4-6-7-8-9-10-11-12-13-14-15-16-17-18-20(23)22-19(5-2)21(24)25-3/h10-11,19H,4-9,12-18H2,1-3H3,(H,22,23). The number of unbranched alkanes of at least 4 members (excludes halogenated alkanes) is 9. The van der Waals surface area contributed by atoms with Crippen molar-refractivity contribution >= 4 is 11.9 Å². The van der Waals surface area contributed by atoms with Crippen LogP contribution < -0.4 is 5.32 Å². The fourth-order valence-corrected chi connectivity index (χ4v) is 2.74. The number of amides is 1. The zero-order valence-corrected chi connectivity index (χ0v) is 16.6. The summed E-state index contributed by atoms with van der Waals surface area (Å²) < 4.78 is 4.67. The first-order chi connectivity index (χ1) is 12.2. The van der Waals surface area contributed by atoms with Crippen LogP contribution in [0.15, 0.2) is 12.2 Å². The zero-order chi connectivity index (χ0) is 18.8. The van der Waals surface area contributed by atoms with Crippen molar-refractivity contribution in [2.75, 3.05) is 7.11 Å². The maximum atomic E-state index is 11.8. The van der Waals surface area contributed by atoms with Crippen molar-refractivity contribution in [3.63, 3.8) is 0 Å². The quantitative estimate of drug-likeness (QED) is 0.232. The maximum absolute atomic E-state index is 11.8. The molecule has 0 bridgehead atoms. The molecule has 1 N–H and O–H groups in total. The molecule has 1 unspecified atom stereocenters. The van der Waals surface area contributed by atoms with Crippen LogP contribution in [0.25, 0.3) is 0 Å². The number of esters is 1. The number of methoxy groups -OCH3 is 1. The van der Waals surface area contributed by atoms with Crippen LogP contribution in [0.1, 0.15) is 97.3 Å². The van der Waals surface area contributed by atoms with Gasteiger partial charge in [0.25, 0.3) is 0 Å². The number of hydrogen-bond donors (Lipinski definition) is 1. The summed E-state index contributed by atoms with van der Waals surface area (Å²) >= 11 is 0. The van der Waals surface area contributed by atoms with Gasteiger partial charge in [0, 0.05) is 6.42 Å². The summed E-state index contributed by atoms with van der Waals surface area (Å²) in [6.45, 7) is 4.11. The molecule has 0 aliphatic rings. The van der Waals surface area contributed by atoms with Crippen LogP contribution >= 0.6 is 0 Å². The Morgan fingerprint density at radius 3 is 2.00 bits per heavy atom. The van der Waals surface area contributed by atoms with E-state index < -0.39 is 6.04 Å². The smallest absolute Gasteiger partial charge is 0.328 e. The Morgan fingerprint density at radius 2 is 1.44 bits per heavy atom. The maximum Gasteiger partial charge on any atom is 0.328 e. The van der Waals surface area contributed by atoms with E-state index in [1.807, 2.05) is 6.92 Å². The first kappa shape index (κ1) is 23.7. The Balaban J connectivity index is 3.47. The molecule has 1 amide bonds. The number of ether oxygens (including phenoxy) is 1. The molecule has 0 fully saturated rings. The number of rotatable bonds is 16. The molecule has 0 aromatic heterocycles. The Bertz CT molecular complexity index is 366. The van der Waals surface area contributed by atoms with Gasteiger partial charge in [0.2, 0.25) is 5.91 Å². The van der Waals surface area contributed by atoms with Crippen molar-refractivity contribution in [3.05, 3.63) is 12.2 Å². The van der Waals surface area contributed by atoms with Gasteiger partial charge in [-0.3, -0.25) is 4.79 Å². The van der Waals surface area contributed by atoms with E-state index in [4.69, 9.17) is 0 Å². The van der Waals surface area contributed by atoms with Crippen LogP contribution in [0.2, 0.25) is 0 Å². The highest BCUT2D eigenvalue weighted by Gasteiger charge is 2.18. The first-order valence-corrected chi connectivity index (χ1v) is 10.2. The van der Waals surface area contributed by atoms with Gasteiger partial charge in [0.15, 0.2) is 0 Å². The predicted octanol–water partition coefficient (Wildman–Crippen LogP) is 5.31. The van der Waals surface area contributed by atoms with Gasteiger partial charge in [-0.05, 0) is 38.5 Å². The molecule has 0 rings (SSSR count). The van der Waals surface area contributed by atoms with Crippen molar-refractivity contribution in [2.24, 2.45) is 0 Å². The molecule has 1 atom stereocenters. The van der Waals surface area contributed by atoms with Gasteiger partial charge in [-0.15, -0.1) is 0 Å². The van der Waals surface area contributed by atoms with E-state index in [1.54, 1.807) is 0 Å². The van der Waals surface area contributed by atoms with Gasteiger partial charge in [-0.1, -0.05) is 64.5 Å². The second-order valence-electron chi connectivity index (χ2n) is 6.68. The first-order valence-electron chi connectivity index (χ1n) is 10.2. The number of carbonyl (C=O) groups is 2. The number of allylic oxidation sites excluding steroid dienone is 2. The predicted molar refractivity (Wildman–Crippen MR) is 104 cm³/mol. The molecule has 0 heterocycles. The number of hydrogen-bond acceptors (Lipinski definition) is 3. The largest absolute Gasteiger partial charge is 0.467 e. The van der Waals surface area contributed by atoms with Crippen LogP contribution in [-0.4, -0.2) is 25.0 Å². The molecule has 0 radical (unpaired) electrons. The van der Waals surface area contributed by atoms with E-state index >= 15 is 0 Å². The Labute approximate surface area is 154 Å². The van der Waals surface area contributed by atoms with Gasteiger partial charge >= 0.3 is 5.97 Å². The highest BCUT2D eigenvalue weighted by atomic mass is 16.5. The van der Waals surface area contributed by atoms with E-state index in [9.17, 15) is 9.59 Å². The van der Waals surface area contributed by atoms with Crippen LogP contribution in [0.3, 0.4) is 0 Å². The number of carbonyl (C=O) groups excluding carboxylic acids is 2. The third-order valence-corrected chi connectivity index (χ3v) is 4.39. The van der Waals surface area contributed by atoms with Gasteiger partial charge < -0.3 is 10.1 Å². The van der Waals surface area contributed by atoms with Gasteiger partial charge in [0.05, 0.1) is 7.11 Å². The SMILES string of the molecule is CCCCCCC=CCCCCCCCC(=O)NC(CC)C(=O)OC. The second-order valence-corrected chi connectivity index (χ2v) is 6.68. The molecule has 0 aromatic carbocycles. The molecule has 4 nitrogen and oxygen atoms in total. The van der Waals surface area contributed by atoms with Crippen LogP contribution in [0, 0.1) is 0 Å². The van der Waals surface area contributed by atoms with E-state index in [0.29, 0.717) is 12.8 Å². The average Bonchev–Trinajstić information content (AvgIpc) is 2.62. The molecular formula is C21H39NO3. The van der Waals surface area contributed by atoms with Gasteiger partial charge in [-0.2, -0.15) is 0 Å². The third kappa shape index (κ3) is 14.7. The summed E-state index contributed by atoms with van der Waals surface area (Å²) in [6.07, 6.45) is 19.0. The van der Waals surface area contributed by atoms with E-state index in [1.165, 1.54) is 64.9 Å². The highest BCUT2D eigenvalue weighted by molar-refractivity contribution is 5.84. The molecule has 0 aliphatic heterocycles. The van der Waals surface area contributed by atoms with Crippen molar-refractivity contribution in [1.29, 1.82) is 0 Å². The second kappa shape index (κ2) is 17.5. The average molecular weight is 354 g/mol. The molecule has 0 aliphatic carbocycles. The van der Waals surface area contributed by atoms with Crippen molar-refractivity contribution in [2.45, 2.75) is 103 Å². The zero-order valence-electron chi connectivity index (χ0n) is 16.6. The van der Waals surface area contributed by atoms with Crippen LogP contribution in [0.5, 0.6) is 0 Å².